The van der Waals surface area contributed by atoms with Crippen LogP contribution in [-0.4, -0.2) is 67.0 Å². The third-order valence-electron chi connectivity index (χ3n) is 6.69. The number of para-hydroxylation sites is 1. The molecule has 0 radical (unpaired) electrons. The average Bonchev–Trinajstić information content (AvgIpc) is 3.45. The number of rotatable bonds is 11. The molecule has 0 fully saturated rings. The van der Waals surface area contributed by atoms with Gasteiger partial charge in [-0.25, -0.2) is 0 Å². The van der Waals surface area contributed by atoms with Gasteiger partial charge in [-0.15, -0.1) is 0 Å². The van der Waals surface area contributed by atoms with Crippen molar-refractivity contribution in [1.82, 2.24) is 9.80 Å². The third kappa shape index (κ3) is 4.68. The number of carbonyl (C=O) groups excluding carboxylic acids is 2. The number of fused-ring (bicyclic) bond motifs is 1. The van der Waals surface area contributed by atoms with E-state index >= 15 is 0 Å². The molecule has 190 valence electrons. The van der Waals surface area contributed by atoms with E-state index in [0.29, 0.717) is 35.6 Å². The second-order valence-corrected chi connectivity index (χ2v) is 8.64. The maximum atomic E-state index is 13.7. The first kappa shape index (κ1) is 25.3. The van der Waals surface area contributed by atoms with E-state index in [0.717, 1.165) is 25.0 Å². The van der Waals surface area contributed by atoms with Gasteiger partial charge in [0.15, 0.2) is 23.0 Å². The van der Waals surface area contributed by atoms with Crippen LogP contribution in [0.3, 0.4) is 0 Å². The van der Waals surface area contributed by atoms with Crippen LogP contribution in [0.1, 0.15) is 42.4 Å². The molecule has 8 heteroatoms. The van der Waals surface area contributed by atoms with Crippen molar-refractivity contribution in [2.45, 2.75) is 26.3 Å². The van der Waals surface area contributed by atoms with Crippen molar-refractivity contribution >= 4 is 22.7 Å². The highest BCUT2D eigenvalue weighted by molar-refractivity contribution is 6.16. The van der Waals surface area contributed by atoms with Gasteiger partial charge in [0.05, 0.1) is 25.8 Å². The van der Waals surface area contributed by atoms with Crippen molar-refractivity contribution in [3.05, 3.63) is 71.2 Å². The molecule has 1 aromatic heterocycles. The number of Topliss-reactive ketones (excluding diaryl/α,β-unsaturated/α-hetero) is 1. The molecule has 0 saturated heterocycles. The van der Waals surface area contributed by atoms with Crippen molar-refractivity contribution in [2.75, 3.05) is 40.4 Å². The summed E-state index contributed by atoms with van der Waals surface area (Å²) in [5, 5.41) is 11.7. The summed E-state index contributed by atoms with van der Waals surface area (Å²) in [6, 6.07) is 13.4. The number of aliphatic hydroxyl groups is 1. The monoisotopic (exact) mass is 492 g/mol. The number of hydrogen-bond donors (Lipinski definition) is 1. The molecular formula is C28H32N2O6. The Labute approximate surface area is 210 Å². The number of furan rings is 1. The van der Waals surface area contributed by atoms with E-state index in [4.69, 9.17) is 13.9 Å². The molecule has 2 heterocycles. The fourth-order valence-corrected chi connectivity index (χ4v) is 4.72. The summed E-state index contributed by atoms with van der Waals surface area (Å²) in [4.78, 5) is 30.8. The molecule has 0 aliphatic carbocycles. The number of benzene rings is 2. The maximum absolute atomic E-state index is 13.7. The molecule has 3 aromatic rings. The van der Waals surface area contributed by atoms with E-state index < -0.39 is 23.5 Å². The minimum absolute atomic E-state index is 0.00545. The number of aliphatic hydroxyl groups excluding tert-OH is 1. The third-order valence-corrected chi connectivity index (χ3v) is 6.69. The number of ether oxygens (including phenoxy) is 2. The van der Waals surface area contributed by atoms with Crippen LogP contribution in [0.5, 0.6) is 11.5 Å². The molecule has 1 aliphatic rings. The Kier molecular flexibility index (Phi) is 7.64. The molecule has 1 N–H and O–H groups in total. The summed E-state index contributed by atoms with van der Waals surface area (Å²) in [5.74, 6) is -0.592. The molecule has 36 heavy (non-hydrogen) atoms. The fraction of sp³-hybridized carbons (Fsp3) is 0.357. The summed E-state index contributed by atoms with van der Waals surface area (Å²) >= 11 is 0. The van der Waals surface area contributed by atoms with Crippen LogP contribution >= 0.6 is 0 Å². The zero-order valence-electron chi connectivity index (χ0n) is 21.1. The second-order valence-electron chi connectivity index (χ2n) is 8.64. The lowest BCUT2D eigenvalue weighted by atomic mass is 9.94. The summed E-state index contributed by atoms with van der Waals surface area (Å²) < 4.78 is 16.6. The summed E-state index contributed by atoms with van der Waals surface area (Å²) in [5.41, 5.74) is 1.19. The van der Waals surface area contributed by atoms with Gasteiger partial charge in [-0.2, -0.15) is 0 Å². The highest BCUT2D eigenvalue weighted by atomic mass is 16.5. The molecule has 8 nitrogen and oxygen atoms in total. The molecule has 0 saturated carbocycles. The lowest BCUT2D eigenvalue weighted by Gasteiger charge is -2.28. The average molecular weight is 493 g/mol. The molecular weight excluding hydrogens is 460 g/mol. The lowest BCUT2D eigenvalue weighted by molar-refractivity contribution is -0.129. The van der Waals surface area contributed by atoms with E-state index in [-0.39, 0.29) is 11.3 Å². The first-order valence-corrected chi connectivity index (χ1v) is 12.1. The Bertz CT molecular complexity index is 1260. The lowest BCUT2D eigenvalue weighted by Crippen LogP contribution is -2.34. The summed E-state index contributed by atoms with van der Waals surface area (Å²) in [6.45, 7) is 7.16. The highest BCUT2D eigenvalue weighted by Crippen LogP contribution is 2.42. The normalized spacial score (nSPS) is 15.9. The summed E-state index contributed by atoms with van der Waals surface area (Å²) in [7, 11) is 3.06. The second kappa shape index (κ2) is 10.9. The standard InChI is InChI=1S/C28H32N2O6/c1-5-29(6-2)14-9-15-30-25(19-12-13-21(34-3)22(17-19)35-4)24(27(32)28(30)33)26(31)23-16-18-10-7-8-11-20(18)36-23/h7-8,10-13,16-17,25,32H,5-6,9,14-15H2,1-4H3/t25-/m1/s1. The molecule has 1 amide bonds. The van der Waals surface area contributed by atoms with Crippen molar-refractivity contribution < 1.29 is 28.6 Å². The van der Waals surface area contributed by atoms with Crippen molar-refractivity contribution in [3.8, 4) is 11.5 Å². The van der Waals surface area contributed by atoms with Crippen LogP contribution in [-0.2, 0) is 4.79 Å². The topological polar surface area (TPSA) is 92.5 Å². The van der Waals surface area contributed by atoms with Crippen molar-refractivity contribution in [3.63, 3.8) is 0 Å². The number of nitrogens with zero attached hydrogens (tertiary/aromatic N) is 2. The summed E-state index contributed by atoms with van der Waals surface area (Å²) in [6.07, 6.45) is 0.691. The zero-order valence-corrected chi connectivity index (χ0v) is 21.1. The molecule has 1 atom stereocenters. The Morgan fingerprint density at radius 3 is 2.44 bits per heavy atom. The minimum Gasteiger partial charge on any atom is -0.503 e. The molecule has 0 unspecified atom stereocenters. The number of methoxy groups -OCH3 is 2. The number of ketones is 1. The van der Waals surface area contributed by atoms with Crippen LogP contribution in [0.4, 0.5) is 0 Å². The van der Waals surface area contributed by atoms with Crippen LogP contribution in [0, 0.1) is 0 Å². The predicted octanol–water partition coefficient (Wildman–Crippen LogP) is 4.76. The van der Waals surface area contributed by atoms with E-state index in [1.165, 1.54) is 7.11 Å². The van der Waals surface area contributed by atoms with Crippen LogP contribution in [0.2, 0.25) is 0 Å². The molecule has 2 aromatic carbocycles. The van der Waals surface area contributed by atoms with E-state index in [2.05, 4.69) is 18.7 Å². The molecule has 0 bridgehead atoms. The van der Waals surface area contributed by atoms with Gasteiger partial charge in [0.1, 0.15) is 5.58 Å². The molecule has 4 rings (SSSR count). The largest absolute Gasteiger partial charge is 0.503 e. The van der Waals surface area contributed by atoms with E-state index in [1.54, 1.807) is 42.3 Å². The fourth-order valence-electron chi connectivity index (χ4n) is 4.72. The Morgan fingerprint density at radius 1 is 1.06 bits per heavy atom. The van der Waals surface area contributed by atoms with E-state index in [1.807, 2.05) is 18.2 Å². The van der Waals surface area contributed by atoms with Gasteiger partial charge < -0.3 is 28.8 Å². The van der Waals surface area contributed by atoms with Crippen LogP contribution < -0.4 is 9.47 Å². The number of amides is 1. The minimum atomic E-state index is -0.797. The molecule has 0 spiro atoms. The smallest absolute Gasteiger partial charge is 0.290 e. The van der Waals surface area contributed by atoms with Gasteiger partial charge in [-0.3, -0.25) is 9.59 Å². The van der Waals surface area contributed by atoms with Gasteiger partial charge in [0.25, 0.3) is 5.91 Å². The quantitative estimate of drug-likeness (QED) is 0.386. The Hall–Kier alpha value is -3.78. The van der Waals surface area contributed by atoms with Crippen LogP contribution in [0.15, 0.2) is 64.3 Å². The van der Waals surface area contributed by atoms with Crippen molar-refractivity contribution in [1.29, 1.82) is 0 Å². The first-order valence-electron chi connectivity index (χ1n) is 12.1. The van der Waals surface area contributed by atoms with Gasteiger partial charge in [-0.1, -0.05) is 38.1 Å². The van der Waals surface area contributed by atoms with Crippen LogP contribution in [0.25, 0.3) is 11.0 Å². The van der Waals surface area contributed by atoms with Gasteiger partial charge in [0.2, 0.25) is 5.78 Å². The number of hydrogen-bond acceptors (Lipinski definition) is 7. The van der Waals surface area contributed by atoms with Gasteiger partial charge in [0, 0.05) is 11.9 Å². The zero-order chi connectivity index (χ0) is 25.8. The first-order chi connectivity index (χ1) is 17.4. The maximum Gasteiger partial charge on any atom is 0.290 e. The van der Waals surface area contributed by atoms with Gasteiger partial charge >= 0.3 is 0 Å². The molecule has 1 aliphatic heterocycles. The van der Waals surface area contributed by atoms with Gasteiger partial charge in [-0.05, 0) is 55.9 Å². The predicted molar refractivity (Wildman–Crippen MR) is 137 cm³/mol. The SMILES string of the molecule is CCN(CC)CCCN1C(=O)C(O)=C(C(=O)c2cc3ccccc3o2)[C@H]1c1ccc(OC)c(OC)c1. The van der Waals surface area contributed by atoms with Crippen molar-refractivity contribution in [2.24, 2.45) is 0 Å². The number of carbonyl (C=O) groups is 2. The van der Waals surface area contributed by atoms with E-state index in [9.17, 15) is 14.7 Å². The Balaban J connectivity index is 1.74. The highest BCUT2D eigenvalue weighted by Gasteiger charge is 2.44. The Morgan fingerprint density at radius 2 is 1.78 bits per heavy atom.